The van der Waals surface area contributed by atoms with E-state index in [-0.39, 0.29) is 17.1 Å². The van der Waals surface area contributed by atoms with Gasteiger partial charge >= 0.3 is 0 Å². The van der Waals surface area contributed by atoms with Crippen molar-refractivity contribution in [3.8, 4) is 0 Å². The molecule has 1 unspecified atom stereocenters. The Labute approximate surface area is 90.2 Å². The molecule has 13 heavy (non-hydrogen) atoms. The summed E-state index contributed by atoms with van der Waals surface area (Å²) in [5.74, 6) is 0.822. The number of alkyl halides is 1. The highest BCUT2D eigenvalue weighted by molar-refractivity contribution is 9.09. The molecule has 0 aromatic rings. The summed E-state index contributed by atoms with van der Waals surface area (Å²) in [6.45, 7) is 0. The van der Waals surface area contributed by atoms with Gasteiger partial charge in [0.05, 0.1) is 6.04 Å². The third-order valence-electron chi connectivity index (χ3n) is 1.81. The van der Waals surface area contributed by atoms with Gasteiger partial charge in [-0.05, 0) is 12.8 Å². The number of carbonyl (C=O) groups is 2. The Morgan fingerprint density at radius 3 is 3.00 bits per heavy atom. The van der Waals surface area contributed by atoms with Gasteiger partial charge in [0.2, 0.25) is 11.0 Å². The van der Waals surface area contributed by atoms with Crippen LogP contribution >= 0.6 is 27.7 Å². The second-order valence-corrected chi connectivity index (χ2v) is 4.76. The minimum atomic E-state index is -0.229. The van der Waals surface area contributed by atoms with Gasteiger partial charge in [-0.1, -0.05) is 27.7 Å². The van der Waals surface area contributed by atoms with E-state index in [1.165, 1.54) is 11.8 Å². The van der Waals surface area contributed by atoms with E-state index in [9.17, 15) is 9.59 Å². The zero-order valence-electron chi connectivity index (χ0n) is 7.22. The summed E-state index contributed by atoms with van der Waals surface area (Å²) in [7, 11) is 0. The molecule has 0 aromatic carbocycles. The molecular formula is C8H12BrNO2S. The van der Waals surface area contributed by atoms with Crippen molar-refractivity contribution in [1.82, 2.24) is 5.32 Å². The molecule has 0 saturated carbocycles. The van der Waals surface area contributed by atoms with Gasteiger partial charge in [0.1, 0.15) is 0 Å². The highest BCUT2D eigenvalue weighted by Gasteiger charge is 2.26. The van der Waals surface area contributed by atoms with Crippen LogP contribution in [0.3, 0.4) is 0 Å². The Morgan fingerprint density at radius 1 is 1.69 bits per heavy atom. The average Bonchev–Trinajstić information content (AvgIpc) is 2.48. The first-order valence-electron chi connectivity index (χ1n) is 4.26. The van der Waals surface area contributed by atoms with Crippen LogP contribution in [0.1, 0.15) is 19.3 Å². The van der Waals surface area contributed by atoms with E-state index in [1.807, 2.05) is 0 Å². The number of hydrogen-bond donors (Lipinski definition) is 1. The zero-order chi connectivity index (χ0) is 9.68. The maximum absolute atomic E-state index is 11.2. The maximum atomic E-state index is 11.2. The van der Waals surface area contributed by atoms with Crippen molar-refractivity contribution in [3.63, 3.8) is 0 Å². The smallest absolute Gasteiger partial charge is 0.220 e. The topological polar surface area (TPSA) is 46.2 Å². The summed E-state index contributed by atoms with van der Waals surface area (Å²) in [4.78, 5) is 22.3. The Morgan fingerprint density at radius 2 is 2.46 bits per heavy atom. The van der Waals surface area contributed by atoms with Crippen molar-refractivity contribution in [3.05, 3.63) is 0 Å². The molecule has 1 aliphatic heterocycles. The third-order valence-corrected chi connectivity index (χ3v) is 3.38. The number of amides is 1. The summed E-state index contributed by atoms with van der Waals surface area (Å²) in [5.41, 5.74) is 0. The van der Waals surface area contributed by atoms with Gasteiger partial charge < -0.3 is 5.32 Å². The molecule has 5 heteroatoms. The van der Waals surface area contributed by atoms with Crippen molar-refractivity contribution >= 4 is 38.7 Å². The van der Waals surface area contributed by atoms with Crippen LogP contribution in [0, 0.1) is 0 Å². The SMILES string of the molecule is O=C(CCCBr)NC1CCSC1=O. The van der Waals surface area contributed by atoms with Crippen molar-refractivity contribution in [2.24, 2.45) is 0 Å². The molecule has 0 aliphatic carbocycles. The van der Waals surface area contributed by atoms with E-state index in [4.69, 9.17) is 0 Å². The van der Waals surface area contributed by atoms with Gasteiger partial charge in [-0.15, -0.1) is 0 Å². The fourth-order valence-electron chi connectivity index (χ4n) is 1.12. The van der Waals surface area contributed by atoms with E-state index in [1.54, 1.807) is 0 Å². The monoisotopic (exact) mass is 265 g/mol. The van der Waals surface area contributed by atoms with Crippen molar-refractivity contribution in [2.75, 3.05) is 11.1 Å². The molecule has 1 fully saturated rings. The predicted molar refractivity (Wildman–Crippen MR) is 57.0 cm³/mol. The van der Waals surface area contributed by atoms with Gasteiger partial charge in [-0.2, -0.15) is 0 Å². The lowest BCUT2D eigenvalue weighted by molar-refractivity contribution is -0.124. The van der Waals surface area contributed by atoms with Gasteiger partial charge in [-0.25, -0.2) is 0 Å². The fourth-order valence-corrected chi connectivity index (χ4v) is 2.33. The Kier molecular flexibility index (Phi) is 4.80. The molecule has 0 radical (unpaired) electrons. The van der Waals surface area contributed by atoms with Crippen LogP contribution < -0.4 is 5.32 Å². The van der Waals surface area contributed by atoms with Crippen molar-refractivity contribution in [2.45, 2.75) is 25.3 Å². The molecule has 1 aliphatic rings. The lowest BCUT2D eigenvalue weighted by Crippen LogP contribution is -2.36. The first kappa shape index (κ1) is 11.0. The van der Waals surface area contributed by atoms with Crippen LogP contribution in [0.25, 0.3) is 0 Å². The molecular weight excluding hydrogens is 254 g/mol. The Bertz CT molecular complexity index is 210. The normalized spacial score (nSPS) is 21.9. The molecule has 1 heterocycles. The minimum Gasteiger partial charge on any atom is -0.345 e. The summed E-state index contributed by atoms with van der Waals surface area (Å²) >= 11 is 4.56. The van der Waals surface area contributed by atoms with Crippen LogP contribution in [-0.2, 0) is 9.59 Å². The lowest BCUT2D eigenvalue weighted by atomic mass is 10.2. The van der Waals surface area contributed by atoms with Crippen LogP contribution in [0.4, 0.5) is 0 Å². The standard InChI is InChI=1S/C8H12BrNO2S/c9-4-1-2-7(11)10-6-3-5-13-8(6)12/h6H,1-5H2,(H,10,11). The van der Waals surface area contributed by atoms with Crippen LogP contribution in [0.2, 0.25) is 0 Å². The molecule has 1 N–H and O–H groups in total. The fraction of sp³-hybridized carbons (Fsp3) is 0.750. The lowest BCUT2D eigenvalue weighted by Gasteiger charge is -2.08. The maximum Gasteiger partial charge on any atom is 0.220 e. The quantitative estimate of drug-likeness (QED) is 0.780. The van der Waals surface area contributed by atoms with Gasteiger partial charge in [0.25, 0.3) is 0 Å². The van der Waals surface area contributed by atoms with E-state index >= 15 is 0 Å². The predicted octanol–water partition coefficient (Wildman–Crippen LogP) is 1.31. The molecule has 3 nitrogen and oxygen atoms in total. The largest absolute Gasteiger partial charge is 0.345 e. The molecule has 74 valence electrons. The van der Waals surface area contributed by atoms with Gasteiger partial charge in [-0.3, -0.25) is 9.59 Å². The zero-order valence-corrected chi connectivity index (χ0v) is 9.62. The summed E-state index contributed by atoms with van der Waals surface area (Å²) < 4.78 is 0. The highest BCUT2D eigenvalue weighted by atomic mass is 79.9. The molecule has 0 bridgehead atoms. The third kappa shape index (κ3) is 3.68. The molecule has 1 saturated heterocycles. The molecule has 1 atom stereocenters. The number of thioether (sulfide) groups is 1. The number of carbonyl (C=O) groups excluding carboxylic acids is 2. The van der Waals surface area contributed by atoms with E-state index in [0.29, 0.717) is 6.42 Å². The second kappa shape index (κ2) is 5.65. The Balaban J connectivity index is 2.23. The Hall–Kier alpha value is -0.0300. The van der Waals surface area contributed by atoms with E-state index in [0.717, 1.165) is 23.9 Å². The van der Waals surface area contributed by atoms with Gasteiger partial charge in [0, 0.05) is 17.5 Å². The second-order valence-electron chi connectivity index (χ2n) is 2.87. The molecule has 0 spiro atoms. The van der Waals surface area contributed by atoms with Crippen LogP contribution in [-0.4, -0.2) is 28.1 Å². The summed E-state index contributed by atoms with van der Waals surface area (Å²) in [5, 5.41) is 3.66. The minimum absolute atomic E-state index is 0.0136. The highest BCUT2D eigenvalue weighted by Crippen LogP contribution is 2.19. The van der Waals surface area contributed by atoms with E-state index < -0.39 is 0 Å². The van der Waals surface area contributed by atoms with Crippen molar-refractivity contribution < 1.29 is 9.59 Å². The molecule has 1 rings (SSSR count). The van der Waals surface area contributed by atoms with Crippen LogP contribution in [0.5, 0.6) is 0 Å². The summed E-state index contributed by atoms with van der Waals surface area (Å²) in [6.07, 6.45) is 2.10. The molecule has 0 aromatic heterocycles. The number of nitrogens with one attached hydrogen (secondary N) is 1. The van der Waals surface area contributed by atoms with E-state index in [2.05, 4.69) is 21.2 Å². The summed E-state index contributed by atoms with van der Waals surface area (Å²) in [6, 6.07) is -0.229. The number of hydrogen-bond acceptors (Lipinski definition) is 3. The average molecular weight is 266 g/mol. The van der Waals surface area contributed by atoms with Crippen molar-refractivity contribution in [1.29, 1.82) is 0 Å². The number of halogens is 1. The first-order chi connectivity index (χ1) is 6.24. The molecule has 1 amide bonds. The van der Waals surface area contributed by atoms with Crippen LogP contribution in [0.15, 0.2) is 0 Å². The number of rotatable bonds is 4. The first-order valence-corrected chi connectivity index (χ1v) is 6.36. The van der Waals surface area contributed by atoms with Gasteiger partial charge in [0.15, 0.2) is 0 Å².